The van der Waals surface area contributed by atoms with Gasteiger partial charge in [-0.1, -0.05) is 31.7 Å². The molecule has 0 aliphatic carbocycles. The number of benzene rings is 1. The Balaban J connectivity index is 2.38. The highest BCUT2D eigenvalue weighted by atomic mass is 16.6. The molecule has 1 atom stereocenters. The third-order valence-electron chi connectivity index (χ3n) is 3.06. The number of amides is 1. The zero-order chi connectivity index (χ0) is 11.8. The van der Waals surface area contributed by atoms with Gasteiger partial charge in [0.05, 0.1) is 11.4 Å². The predicted molar refractivity (Wildman–Crippen MR) is 63.2 cm³/mol. The molecule has 0 aromatic heterocycles. The lowest BCUT2D eigenvalue weighted by Crippen LogP contribution is -2.27. The Labute approximate surface area is 95.3 Å². The van der Waals surface area contributed by atoms with Gasteiger partial charge in [-0.2, -0.15) is 0 Å². The first-order chi connectivity index (χ1) is 7.58. The van der Waals surface area contributed by atoms with Crippen LogP contribution in [-0.2, 0) is 4.74 Å². The largest absolute Gasteiger partial charge is 0.436 e. The molecule has 1 saturated heterocycles. The van der Waals surface area contributed by atoms with Crippen molar-refractivity contribution < 1.29 is 9.53 Å². The van der Waals surface area contributed by atoms with E-state index in [1.165, 1.54) is 4.90 Å². The summed E-state index contributed by atoms with van der Waals surface area (Å²) >= 11 is 0. The molecule has 16 heavy (non-hydrogen) atoms. The molecule has 1 heterocycles. The lowest BCUT2D eigenvalue weighted by atomic mass is 10.00. The van der Waals surface area contributed by atoms with E-state index in [0.717, 1.165) is 12.1 Å². The lowest BCUT2D eigenvalue weighted by molar-refractivity contribution is 0.0823. The molecule has 1 fully saturated rings. The number of carbonyl (C=O) groups excluding carboxylic acids is 1. The van der Waals surface area contributed by atoms with E-state index in [2.05, 4.69) is 6.58 Å². The van der Waals surface area contributed by atoms with Crippen LogP contribution in [0.3, 0.4) is 0 Å². The summed E-state index contributed by atoms with van der Waals surface area (Å²) in [6.45, 7) is 7.83. The van der Waals surface area contributed by atoms with Crippen molar-refractivity contribution in [2.24, 2.45) is 0 Å². The van der Waals surface area contributed by atoms with Gasteiger partial charge in [0, 0.05) is 0 Å². The van der Waals surface area contributed by atoms with Crippen molar-refractivity contribution in [1.29, 1.82) is 0 Å². The quantitative estimate of drug-likeness (QED) is 0.760. The number of hydrogen-bond acceptors (Lipinski definition) is 2. The number of hydrogen-bond donors (Lipinski definition) is 0. The van der Waals surface area contributed by atoms with Crippen molar-refractivity contribution in [3.05, 3.63) is 42.6 Å². The number of rotatable bonds is 2. The molecule has 0 bridgehead atoms. The maximum absolute atomic E-state index is 11.8. The van der Waals surface area contributed by atoms with E-state index in [1.807, 2.05) is 44.2 Å². The van der Waals surface area contributed by atoms with Crippen molar-refractivity contribution in [2.45, 2.75) is 25.9 Å². The van der Waals surface area contributed by atoms with Crippen molar-refractivity contribution in [3.63, 3.8) is 0 Å². The Bertz CT molecular complexity index is 427. The summed E-state index contributed by atoms with van der Waals surface area (Å²) in [7, 11) is 0. The van der Waals surface area contributed by atoms with Crippen LogP contribution in [0, 0.1) is 0 Å². The molecule has 0 N–H and O–H groups in total. The molecule has 2 rings (SSSR count). The fourth-order valence-electron chi connectivity index (χ4n) is 1.76. The maximum atomic E-state index is 11.8. The highest BCUT2D eigenvalue weighted by Crippen LogP contribution is 2.37. The van der Waals surface area contributed by atoms with Gasteiger partial charge in [0.15, 0.2) is 5.60 Å². The van der Waals surface area contributed by atoms with E-state index in [0.29, 0.717) is 5.70 Å². The van der Waals surface area contributed by atoms with Gasteiger partial charge in [0.1, 0.15) is 0 Å². The van der Waals surface area contributed by atoms with E-state index in [9.17, 15) is 4.79 Å². The standard InChI is InChI=1S/C13H15NO2/c1-4-13(3)10(2)14(12(15)16-13)11-8-6-5-7-9-11/h5-9H,2,4H2,1,3H3/t13-/m1/s1. The summed E-state index contributed by atoms with van der Waals surface area (Å²) in [5.74, 6) is 0. The Morgan fingerprint density at radius 1 is 1.38 bits per heavy atom. The van der Waals surface area contributed by atoms with Crippen LogP contribution in [-0.4, -0.2) is 11.7 Å². The summed E-state index contributed by atoms with van der Waals surface area (Å²) in [4.78, 5) is 13.3. The molecule has 3 heteroatoms. The Morgan fingerprint density at radius 2 is 2.00 bits per heavy atom. The highest BCUT2D eigenvalue weighted by molar-refractivity contribution is 5.94. The third kappa shape index (κ3) is 1.48. The van der Waals surface area contributed by atoms with Gasteiger partial charge in [0.2, 0.25) is 0 Å². The van der Waals surface area contributed by atoms with Gasteiger partial charge in [-0.25, -0.2) is 9.69 Å². The monoisotopic (exact) mass is 217 g/mol. The number of anilines is 1. The first kappa shape index (κ1) is 10.7. The zero-order valence-corrected chi connectivity index (χ0v) is 9.56. The number of carbonyl (C=O) groups is 1. The second-order valence-corrected chi connectivity index (χ2v) is 4.07. The molecule has 3 nitrogen and oxygen atoms in total. The van der Waals surface area contributed by atoms with Gasteiger partial charge in [-0.15, -0.1) is 0 Å². The predicted octanol–water partition coefficient (Wildman–Crippen LogP) is 3.33. The number of para-hydroxylation sites is 1. The van der Waals surface area contributed by atoms with Crippen molar-refractivity contribution in [3.8, 4) is 0 Å². The number of ether oxygens (including phenoxy) is 1. The van der Waals surface area contributed by atoms with Crippen LogP contribution in [0.5, 0.6) is 0 Å². The van der Waals surface area contributed by atoms with Crippen molar-refractivity contribution in [2.75, 3.05) is 4.90 Å². The van der Waals surface area contributed by atoms with Crippen LogP contribution in [0.4, 0.5) is 10.5 Å². The molecule has 1 aromatic carbocycles. The van der Waals surface area contributed by atoms with E-state index in [4.69, 9.17) is 4.74 Å². The van der Waals surface area contributed by atoms with E-state index < -0.39 is 5.60 Å². The van der Waals surface area contributed by atoms with Crippen LogP contribution in [0.2, 0.25) is 0 Å². The molecule has 1 aromatic rings. The molecule has 0 radical (unpaired) electrons. The summed E-state index contributed by atoms with van der Waals surface area (Å²) in [5.41, 5.74) is 0.924. The molecule has 1 aliphatic heterocycles. The first-order valence-corrected chi connectivity index (χ1v) is 5.36. The van der Waals surface area contributed by atoms with Gasteiger partial charge in [0.25, 0.3) is 0 Å². The third-order valence-corrected chi connectivity index (χ3v) is 3.06. The minimum absolute atomic E-state index is 0.347. The van der Waals surface area contributed by atoms with Crippen LogP contribution in [0.15, 0.2) is 42.6 Å². The number of nitrogens with zero attached hydrogens (tertiary/aromatic N) is 1. The first-order valence-electron chi connectivity index (χ1n) is 5.36. The van der Waals surface area contributed by atoms with Gasteiger partial charge in [-0.05, 0) is 25.5 Å². The topological polar surface area (TPSA) is 29.5 Å². The molecule has 0 unspecified atom stereocenters. The van der Waals surface area contributed by atoms with E-state index in [1.54, 1.807) is 0 Å². The average molecular weight is 217 g/mol. The minimum Gasteiger partial charge on any atom is -0.436 e. The van der Waals surface area contributed by atoms with Crippen molar-refractivity contribution in [1.82, 2.24) is 0 Å². The van der Waals surface area contributed by atoms with Crippen LogP contribution in [0.1, 0.15) is 20.3 Å². The second-order valence-electron chi connectivity index (χ2n) is 4.07. The SMILES string of the molecule is C=C1N(c2ccccc2)C(=O)O[C@]1(C)CC. The molecule has 1 aliphatic rings. The van der Waals surface area contributed by atoms with Crippen molar-refractivity contribution >= 4 is 11.8 Å². The normalized spacial score (nSPS) is 24.8. The summed E-state index contributed by atoms with van der Waals surface area (Å²) in [6, 6.07) is 9.42. The van der Waals surface area contributed by atoms with E-state index in [-0.39, 0.29) is 6.09 Å². The molecular weight excluding hydrogens is 202 g/mol. The lowest BCUT2D eigenvalue weighted by Gasteiger charge is -2.22. The minimum atomic E-state index is -0.576. The Hall–Kier alpha value is -1.77. The van der Waals surface area contributed by atoms with E-state index >= 15 is 0 Å². The smallest absolute Gasteiger partial charge is 0.419 e. The van der Waals surface area contributed by atoms with Crippen LogP contribution < -0.4 is 4.90 Å². The number of cyclic esters (lactones) is 1. The summed E-state index contributed by atoms with van der Waals surface area (Å²) in [5, 5.41) is 0. The highest BCUT2D eigenvalue weighted by Gasteiger charge is 2.44. The Kier molecular flexibility index (Phi) is 2.46. The zero-order valence-electron chi connectivity index (χ0n) is 9.56. The Morgan fingerprint density at radius 3 is 2.50 bits per heavy atom. The van der Waals surface area contributed by atoms with Gasteiger partial charge >= 0.3 is 6.09 Å². The summed E-state index contributed by atoms with van der Waals surface area (Å²) < 4.78 is 5.36. The van der Waals surface area contributed by atoms with Crippen LogP contribution >= 0.6 is 0 Å². The van der Waals surface area contributed by atoms with Gasteiger partial charge < -0.3 is 4.74 Å². The maximum Gasteiger partial charge on any atom is 0.419 e. The molecule has 84 valence electrons. The molecule has 0 saturated carbocycles. The fourth-order valence-corrected chi connectivity index (χ4v) is 1.76. The van der Waals surface area contributed by atoms with Gasteiger partial charge in [-0.3, -0.25) is 0 Å². The molecular formula is C13H15NO2. The summed E-state index contributed by atoms with van der Waals surface area (Å²) in [6.07, 6.45) is 0.376. The molecule has 1 amide bonds. The fraction of sp³-hybridized carbons (Fsp3) is 0.308. The average Bonchev–Trinajstić information content (AvgIpc) is 2.52. The van der Waals surface area contributed by atoms with Crippen LogP contribution in [0.25, 0.3) is 0 Å². The second kappa shape index (κ2) is 3.67. The molecule has 0 spiro atoms.